The van der Waals surface area contributed by atoms with Gasteiger partial charge in [-0.15, -0.1) is 0 Å². The summed E-state index contributed by atoms with van der Waals surface area (Å²) in [6.45, 7) is 3.70. The molecule has 1 aliphatic rings. The smallest absolute Gasteiger partial charge is 0.237 e. The molecular formula is C15H20N4O2. The Balaban J connectivity index is 1.63. The van der Waals surface area contributed by atoms with Gasteiger partial charge >= 0.3 is 0 Å². The summed E-state index contributed by atoms with van der Waals surface area (Å²) in [6.07, 6.45) is 0.0895. The minimum atomic E-state index is -0.410. The summed E-state index contributed by atoms with van der Waals surface area (Å²) in [7, 11) is 0. The normalized spacial score (nSPS) is 22.8. The largest absolute Gasteiger partial charge is 0.392 e. The Morgan fingerprint density at radius 1 is 1.52 bits per heavy atom. The number of likely N-dealkylation sites (N-methyl/N-ethyl adjacent to an activating group) is 1. The van der Waals surface area contributed by atoms with Gasteiger partial charge in [0.1, 0.15) is 5.82 Å². The lowest BCUT2D eigenvalue weighted by Crippen LogP contribution is -2.42. The van der Waals surface area contributed by atoms with E-state index in [4.69, 9.17) is 0 Å². The minimum absolute atomic E-state index is 0.0474. The monoisotopic (exact) mass is 288 g/mol. The molecule has 1 amide bonds. The molecule has 6 heteroatoms. The quantitative estimate of drug-likeness (QED) is 0.771. The molecule has 2 atom stereocenters. The molecule has 6 nitrogen and oxygen atoms in total. The van der Waals surface area contributed by atoms with Crippen molar-refractivity contribution in [2.75, 3.05) is 13.1 Å². The third kappa shape index (κ3) is 2.91. The van der Waals surface area contributed by atoms with Crippen LogP contribution in [0.25, 0.3) is 11.0 Å². The van der Waals surface area contributed by atoms with Crippen LogP contribution in [0.5, 0.6) is 0 Å². The van der Waals surface area contributed by atoms with E-state index < -0.39 is 6.10 Å². The molecule has 0 bridgehead atoms. The Kier molecular flexibility index (Phi) is 3.90. The highest BCUT2D eigenvalue weighted by molar-refractivity contribution is 5.82. The molecule has 3 N–H and O–H groups in total. The lowest BCUT2D eigenvalue weighted by Gasteiger charge is -2.21. The standard InChI is InChI=1S/C15H20N4O2/c1-2-19-9-10(20)7-13(19)15(21)16-8-14-17-11-5-3-4-6-12(11)18-14/h3-6,10,13,20H,2,7-9H2,1H3,(H,16,21)(H,17,18)/t10-,13+/m1/s1. The average molecular weight is 288 g/mol. The number of aromatic amines is 1. The van der Waals surface area contributed by atoms with Crippen LogP contribution in [-0.4, -0.2) is 51.1 Å². The lowest BCUT2D eigenvalue weighted by molar-refractivity contribution is -0.125. The first-order valence-electron chi connectivity index (χ1n) is 7.31. The van der Waals surface area contributed by atoms with E-state index in [-0.39, 0.29) is 11.9 Å². The van der Waals surface area contributed by atoms with E-state index in [1.165, 1.54) is 0 Å². The fourth-order valence-corrected chi connectivity index (χ4v) is 2.88. The summed E-state index contributed by atoms with van der Waals surface area (Å²) in [6, 6.07) is 7.53. The molecule has 2 aromatic rings. The van der Waals surface area contributed by atoms with E-state index in [0.717, 1.165) is 23.4 Å². The molecule has 112 valence electrons. The van der Waals surface area contributed by atoms with Crippen LogP contribution >= 0.6 is 0 Å². The van der Waals surface area contributed by atoms with E-state index in [1.807, 2.05) is 36.1 Å². The Morgan fingerprint density at radius 2 is 2.33 bits per heavy atom. The number of imidazole rings is 1. The number of rotatable bonds is 4. The molecule has 1 saturated heterocycles. The van der Waals surface area contributed by atoms with Gasteiger partial charge in [-0.05, 0) is 25.1 Å². The van der Waals surface area contributed by atoms with Gasteiger partial charge in [-0.1, -0.05) is 19.1 Å². The van der Waals surface area contributed by atoms with Crippen molar-refractivity contribution in [1.29, 1.82) is 0 Å². The van der Waals surface area contributed by atoms with Crippen molar-refractivity contribution in [2.24, 2.45) is 0 Å². The van der Waals surface area contributed by atoms with Crippen molar-refractivity contribution in [3.63, 3.8) is 0 Å². The van der Waals surface area contributed by atoms with Crippen molar-refractivity contribution < 1.29 is 9.90 Å². The van der Waals surface area contributed by atoms with Crippen molar-refractivity contribution in [2.45, 2.75) is 32.0 Å². The number of carbonyl (C=O) groups excluding carboxylic acids is 1. The Bertz CT molecular complexity index is 606. The number of hydrogen-bond acceptors (Lipinski definition) is 4. The molecule has 0 aliphatic carbocycles. The van der Waals surface area contributed by atoms with Crippen molar-refractivity contribution in [3.8, 4) is 0 Å². The molecule has 2 heterocycles. The second kappa shape index (κ2) is 5.83. The first-order valence-corrected chi connectivity index (χ1v) is 7.31. The van der Waals surface area contributed by atoms with Crippen LogP contribution in [-0.2, 0) is 11.3 Å². The summed E-state index contributed by atoms with van der Waals surface area (Å²) < 4.78 is 0. The zero-order valence-corrected chi connectivity index (χ0v) is 12.0. The minimum Gasteiger partial charge on any atom is -0.392 e. The predicted octanol–water partition coefficient (Wildman–Crippen LogP) is 0.634. The number of aliphatic hydroxyl groups excluding tert-OH is 1. The maximum absolute atomic E-state index is 12.2. The molecule has 1 aromatic carbocycles. The van der Waals surface area contributed by atoms with Crippen molar-refractivity contribution in [1.82, 2.24) is 20.2 Å². The number of nitrogens with zero attached hydrogens (tertiary/aromatic N) is 2. The van der Waals surface area contributed by atoms with E-state index >= 15 is 0 Å². The zero-order chi connectivity index (χ0) is 14.8. The SMILES string of the molecule is CCN1C[C@H](O)C[C@H]1C(=O)NCc1nc2ccccc2[nH]1. The fourth-order valence-electron chi connectivity index (χ4n) is 2.88. The lowest BCUT2D eigenvalue weighted by atomic mass is 10.2. The number of benzene rings is 1. The summed E-state index contributed by atoms with van der Waals surface area (Å²) in [4.78, 5) is 21.9. The van der Waals surface area contributed by atoms with Crippen LogP contribution in [0.3, 0.4) is 0 Å². The summed E-state index contributed by atoms with van der Waals surface area (Å²) >= 11 is 0. The molecule has 21 heavy (non-hydrogen) atoms. The number of nitrogens with one attached hydrogen (secondary N) is 2. The van der Waals surface area contributed by atoms with Gasteiger partial charge in [-0.25, -0.2) is 4.98 Å². The molecule has 1 aromatic heterocycles. The summed E-state index contributed by atoms with van der Waals surface area (Å²) in [5, 5.41) is 12.6. The number of carbonyl (C=O) groups is 1. The average Bonchev–Trinajstić information content (AvgIpc) is 3.07. The first-order chi connectivity index (χ1) is 10.2. The van der Waals surface area contributed by atoms with Gasteiger partial charge in [0.15, 0.2) is 0 Å². The number of amides is 1. The van der Waals surface area contributed by atoms with Crippen LogP contribution < -0.4 is 5.32 Å². The van der Waals surface area contributed by atoms with Crippen LogP contribution in [0.15, 0.2) is 24.3 Å². The van der Waals surface area contributed by atoms with Gasteiger partial charge in [-0.3, -0.25) is 9.69 Å². The maximum Gasteiger partial charge on any atom is 0.237 e. The van der Waals surface area contributed by atoms with E-state index in [0.29, 0.717) is 19.5 Å². The van der Waals surface area contributed by atoms with E-state index in [2.05, 4.69) is 15.3 Å². The molecule has 0 radical (unpaired) electrons. The van der Waals surface area contributed by atoms with Crippen LogP contribution in [0, 0.1) is 0 Å². The third-order valence-electron chi connectivity index (χ3n) is 3.96. The number of H-pyrrole nitrogens is 1. The van der Waals surface area contributed by atoms with Gasteiger partial charge in [0.05, 0.1) is 29.7 Å². The van der Waals surface area contributed by atoms with Gasteiger partial charge in [0, 0.05) is 6.54 Å². The van der Waals surface area contributed by atoms with Gasteiger partial charge in [0.2, 0.25) is 5.91 Å². The number of aromatic nitrogens is 2. The second-order valence-electron chi connectivity index (χ2n) is 5.41. The number of fused-ring (bicyclic) bond motifs is 1. The molecule has 1 fully saturated rings. The molecule has 0 spiro atoms. The highest BCUT2D eigenvalue weighted by atomic mass is 16.3. The number of hydrogen-bond donors (Lipinski definition) is 3. The topological polar surface area (TPSA) is 81.2 Å². The van der Waals surface area contributed by atoms with Gasteiger partial charge in [0.25, 0.3) is 0 Å². The van der Waals surface area contributed by atoms with E-state index in [1.54, 1.807) is 0 Å². The number of aliphatic hydroxyl groups is 1. The zero-order valence-electron chi connectivity index (χ0n) is 12.0. The summed E-state index contributed by atoms with van der Waals surface area (Å²) in [5.74, 6) is 0.694. The molecule has 3 rings (SSSR count). The number of β-amino-alcohol motifs (C(OH)–C–C–N with tert-alkyl or cyclic N) is 1. The highest BCUT2D eigenvalue weighted by Gasteiger charge is 2.34. The second-order valence-corrected chi connectivity index (χ2v) is 5.41. The molecule has 0 saturated carbocycles. The Hall–Kier alpha value is -1.92. The summed E-state index contributed by atoms with van der Waals surface area (Å²) in [5.41, 5.74) is 1.86. The third-order valence-corrected chi connectivity index (χ3v) is 3.96. The molecule has 0 unspecified atom stereocenters. The Labute approximate surface area is 123 Å². The van der Waals surface area contributed by atoms with Gasteiger partial charge in [-0.2, -0.15) is 0 Å². The molecular weight excluding hydrogens is 268 g/mol. The van der Waals surface area contributed by atoms with Crippen molar-refractivity contribution in [3.05, 3.63) is 30.1 Å². The van der Waals surface area contributed by atoms with Gasteiger partial charge < -0.3 is 15.4 Å². The van der Waals surface area contributed by atoms with E-state index in [9.17, 15) is 9.90 Å². The Morgan fingerprint density at radius 3 is 3.10 bits per heavy atom. The van der Waals surface area contributed by atoms with Crippen LogP contribution in [0.4, 0.5) is 0 Å². The van der Waals surface area contributed by atoms with Crippen LogP contribution in [0.1, 0.15) is 19.2 Å². The number of likely N-dealkylation sites (tertiary alicyclic amines) is 1. The maximum atomic E-state index is 12.2. The fraction of sp³-hybridized carbons (Fsp3) is 0.467. The predicted molar refractivity (Wildman–Crippen MR) is 79.6 cm³/mol. The first kappa shape index (κ1) is 14.0. The highest BCUT2D eigenvalue weighted by Crippen LogP contribution is 2.17. The molecule has 1 aliphatic heterocycles. The van der Waals surface area contributed by atoms with Crippen molar-refractivity contribution >= 4 is 16.9 Å². The van der Waals surface area contributed by atoms with Crippen LogP contribution in [0.2, 0.25) is 0 Å². The number of para-hydroxylation sites is 2.